The molecule has 0 fully saturated rings. The standard InChI is InChI=1S/C42H30N4/c1-27-22-35(41(45-25-27)37-16-8-10-20-43-37)39-31-14-6-7-15-32(31)40(34-24-30(18-19-33(34)39)29-12-4-3-5-13-29)36-23-28(2)26-46-42(36)38-17-9-11-21-44-38/h3-26H,1-2H3. The van der Waals surface area contributed by atoms with E-state index in [9.17, 15) is 0 Å². The van der Waals surface area contributed by atoms with E-state index < -0.39 is 0 Å². The first-order valence-electron chi connectivity index (χ1n) is 15.5. The second kappa shape index (κ2) is 11.5. The zero-order chi connectivity index (χ0) is 31.0. The Balaban J connectivity index is 1.55. The van der Waals surface area contributed by atoms with Gasteiger partial charge in [0, 0.05) is 35.9 Å². The highest BCUT2D eigenvalue weighted by molar-refractivity contribution is 6.23. The minimum absolute atomic E-state index is 0.846. The topological polar surface area (TPSA) is 51.6 Å². The van der Waals surface area contributed by atoms with Gasteiger partial charge in [0.2, 0.25) is 0 Å². The number of nitrogens with zero attached hydrogens (tertiary/aromatic N) is 4. The van der Waals surface area contributed by atoms with Crippen LogP contribution in [0.25, 0.3) is 77.7 Å². The van der Waals surface area contributed by atoms with Gasteiger partial charge in [-0.05, 0) is 111 Å². The Hall–Kier alpha value is -6.00. The normalized spacial score (nSPS) is 11.3. The predicted octanol–water partition coefficient (Wildman–Crippen LogP) is 10.5. The second-order valence-electron chi connectivity index (χ2n) is 11.7. The van der Waals surface area contributed by atoms with Gasteiger partial charge in [0.15, 0.2) is 0 Å². The monoisotopic (exact) mass is 590 g/mol. The summed E-state index contributed by atoms with van der Waals surface area (Å²) < 4.78 is 0. The summed E-state index contributed by atoms with van der Waals surface area (Å²) in [5, 5.41) is 4.59. The number of aromatic nitrogens is 4. The number of hydrogen-bond acceptors (Lipinski definition) is 4. The molecule has 0 saturated heterocycles. The molecule has 0 spiro atoms. The fraction of sp³-hybridized carbons (Fsp3) is 0.0476. The van der Waals surface area contributed by atoms with Crippen LogP contribution in [0.15, 0.2) is 146 Å². The van der Waals surface area contributed by atoms with Crippen LogP contribution in [0, 0.1) is 13.8 Å². The third-order valence-corrected chi connectivity index (χ3v) is 8.53. The molecule has 0 aliphatic heterocycles. The average Bonchev–Trinajstić information content (AvgIpc) is 3.11. The molecule has 0 bridgehead atoms. The summed E-state index contributed by atoms with van der Waals surface area (Å²) in [4.78, 5) is 19.4. The molecule has 0 saturated carbocycles. The van der Waals surface area contributed by atoms with Gasteiger partial charge in [-0.3, -0.25) is 19.9 Å². The van der Waals surface area contributed by atoms with Gasteiger partial charge in [0.05, 0.1) is 22.8 Å². The molecule has 0 radical (unpaired) electrons. The second-order valence-corrected chi connectivity index (χ2v) is 11.7. The number of hydrogen-bond donors (Lipinski definition) is 0. The van der Waals surface area contributed by atoms with Gasteiger partial charge in [0.25, 0.3) is 0 Å². The van der Waals surface area contributed by atoms with Crippen molar-refractivity contribution < 1.29 is 0 Å². The van der Waals surface area contributed by atoms with Crippen LogP contribution in [0.4, 0.5) is 0 Å². The Morgan fingerprint density at radius 2 is 0.891 bits per heavy atom. The molecule has 218 valence electrons. The van der Waals surface area contributed by atoms with E-state index in [-0.39, 0.29) is 0 Å². The molecule has 8 aromatic rings. The fourth-order valence-corrected chi connectivity index (χ4v) is 6.50. The first-order chi connectivity index (χ1) is 22.7. The van der Waals surface area contributed by atoms with Crippen LogP contribution >= 0.6 is 0 Å². The smallest absolute Gasteiger partial charge is 0.0965 e. The van der Waals surface area contributed by atoms with Crippen molar-refractivity contribution in [2.45, 2.75) is 13.8 Å². The van der Waals surface area contributed by atoms with Crippen molar-refractivity contribution >= 4 is 21.5 Å². The highest BCUT2D eigenvalue weighted by Crippen LogP contribution is 2.48. The Morgan fingerprint density at radius 3 is 1.43 bits per heavy atom. The summed E-state index contributed by atoms with van der Waals surface area (Å²) in [5.74, 6) is 0. The van der Waals surface area contributed by atoms with Gasteiger partial charge in [0.1, 0.15) is 0 Å². The third kappa shape index (κ3) is 4.81. The van der Waals surface area contributed by atoms with Crippen molar-refractivity contribution in [3.8, 4) is 56.2 Å². The quantitative estimate of drug-likeness (QED) is 0.187. The zero-order valence-electron chi connectivity index (χ0n) is 25.6. The minimum atomic E-state index is 0.846. The maximum Gasteiger partial charge on any atom is 0.0965 e. The van der Waals surface area contributed by atoms with Crippen LogP contribution in [0.2, 0.25) is 0 Å². The van der Waals surface area contributed by atoms with Gasteiger partial charge in [-0.2, -0.15) is 0 Å². The zero-order valence-corrected chi connectivity index (χ0v) is 25.6. The van der Waals surface area contributed by atoms with Crippen molar-refractivity contribution in [3.05, 3.63) is 157 Å². The van der Waals surface area contributed by atoms with E-state index in [0.717, 1.165) is 83.3 Å². The molecule has 0 aliphatic carbocycles. The highest BCUT2D eigenvalue weighted by atomic mass is 14.8. The summed E-state index contributed by atoms with van der Waals surface area (Å²) in [5.41, 5.74) is 12.3. The van der Waals surface area contributed by atoms with Gasteiger partial charge < -0.3 is 0 Å². The van der Waals surface area contributed by atoms with Crippen LogP contribution in [-0.2, 0) is 0 Å². The van der Waals surface area contributed by atoms with Crippen LogP contribution in [0.3, 0.4) is 0 Å². The van der Waals surface area contributed by atoms with Gasteiger partial charge in [-0.1, -0.05) is 78.9 Å². The largest absolute Gasteiger partial charge is 0.255 e. The lowest BCUT2D eigenvalue weighted by Gasteiger charge is -2.21. The number of pyridine rings is 4. The van der Waals surface area contributed by atoms with E-state index in [4.69, 9.17) is 19.9 Å². The van der Waals surface area contributed by atoms with Crippen molar-refractivity contribution in [2.24, 2.45) is 0 Å². The SMILES string of the molecule is Cc1cnc(-c2ccccn2)c(-c2c3ccccc3c(-c3cc(C)cnc3-c3ccccn3)c3cc(-c4ccccc4)ccc23)c1. The molecular formula is C42H30N4. The van der Waals surface area contributed by atoms with Gasteiger partial charge in [-0.15, -0.1) is 0 Å². The summed E-state index contributed by atoms with van der Waals surface area (Å²) in [6.45, 7) is 4.20. The lowest BCUT2D eigenvalue weighted by molar-refractivity contribution is 1.22. The van der Waals surface area contributed by atoms with E-state index >= 15 is 0 Å². The van der Waals surface area contributed by atoms with Crippen LogP contribution < -0.4 is 0 Å². The fourth-order valence-electron chi connectivity index (χ4n) is 6.50. The van der Waals surface area contributed by atoms with E-state index in [2.05, 4.69) is 98.8 Å². The van der Waals surface area contributed by atoms with Crippen LogP contribution in [-0.4, -0.2) is 19.9 Å². The molecule has 46 heavy (non-hydrogen) atoms. The molecule has 0 N–H and O–H groups in total. The van der Waals surface area contributed by atoms with Gasteiger partial charge >= 0.3 is 0 Å². The molecule has 0 atom stereocenters. The highest BCUT2D eigenvalue weighted by Gasteiger charge is 2.23. The molecule has 0 aliphatic rings. The maximum atomic E-state index is 4.98. The molecular weight excluding hydrogens is 560 g/mol. The van der Waals surface area contributed by atoms with E-state index in [1.807, 2.05) is 61.2 Å². The molecule has 4 heterocycles. The minimum Gasteiger partial charge on any atom is -0.255 e. The number of fused-ring (bicyclic) bond motifs is 2. The van der Waals surface area contributed by atoms with Crippen molar-refractivity contribution in [1.29, 1.82) is 0 Å². The predicted molar refractivity (Wildman–Crippen MR) is 189 cm³/mol. The third-order valence-electron chi connectivity index (χ3n) is 8.53. The maximum absolute atomic E-state index is 4.98. The number of benzene rings is 4. The van der Waals surface area contributed by atoms with Crippen LogP contribution in [0.1, 0.15) is 11.1 Å². The first kappa shape index (κ1) is 27.5. The molecule has 4 nitrogen and oxygen atoms in total. The summed E-state index contributed by atoms with van der Waals surface area (Å²) in [6.07, 6.45) is 7.52. The molecule has 0 amide bonds. The molecule has 4 heteroatoms. The van der Waals surface area contributed by atoms with Crippen molar-refractivity contribution in [2.75, 3.05) is 0 Å². The number of rotatable bonds is 5. The molecule has 4 aromatic carbocycles. The molecule has 0 unspecified atom stereocenters. The van der Waals surface area contributed by atoms with E-state index in [1.165, 1.54) is 5.56 Å². The molecule has 4 aromatic heterocycles. The van der Waals surface area contributed by atoms with Crippen LogP contribution in [0.5, 0.6) is 0 Å². The summed E-state index contributed by atoms with van der Waals surface area (Å²) >= 11 is 0. The lowest BCUT2D eigenvalue weighted by atomic mass is 9.83. The van der Waals surface area contributed by atoms with Gasteiger partial charge in [-0.25, -0.2) is 0 Å². The summed E-state index contributed by atoms with van der Waals surface area (Å²) in [7, 11) is 0. The van der Waals surface area contributed by atoms with Crippen molar-refractivity contribution in [3.63, 3.8) is 0 Å². The summed E-state index contributed by atoms with van der Waals surface area (Å²) in [6, 6.07) is 42.6. The van der Waals surface area contributed by atoms with E-state index in [1.54, 1.807) is 0 Å². The Kier molecular flexibility index (Phi) is 6.88. The lowest BCUT2D eigenvalue weighted by Crippen LogP contribution is -1.98. The Morgan fingerprint density at radius 1 is 0.391 bits per heavy atom. The van der Waals surface area contributed by atoms with Crippen molar-refractivity contribution in [1.82, 2.24) is 19.9 Å². The molecule has 8 rings (SSSR count). The Labute approximate surface area is 268 Å². The number of aryl methyl sites for hydroxylation is 2. The van der Waals surface area contributed by atoms with E-state index in [0.29, 0.717) is 0 Å². The first-order valence-corrected chi connectivity index (χ1v) is 15.5. The average molecular weight is 591 g/mol. The Bertz CT molecular complexity index is 2370.